The maximum Gasteiger partial charge on any atom is 0.262 e. The molecule has 1 saturated heterocycles. The maximum absolute atomic E-state index is 12.4. The molecule has 6 heteroatoms. The average molecular weight is 330 g/mol. The Morgan fingerprint density at radius 2 is 1.71 bits per heavy atom. The zero-order valence-corrected chi connectivity index (χ0v) is 14.4. The summed E-state index contributed by atoms with van der Waals surface area (Å²) >= 11 is 0. The van der Waals surface area contributed by atoms with Gasteiger partial charge in [-0.3, -0.25) is 29.4 Å². The van der Waals surface area contributed by atoms with E-state index in [0.29, 0.717) is 16.7 Å². The van der Waals surface area contributed by atoms with E-state index in [9.17, 15) is 19.2 Å². The van der Waals surface area contributed by atoms with Crippen LogP contribution in [0.4, 0.5) is 0 Å². The Labute approximate surface area is 141 Å². The van der Waals surface area contributed by atoms with E-state index in [1.165, 1.54) is 0 Å². The second kappa shape index (κ2) is 6.95. The SMILES string of the molecule is CC(C)C.Cc1cccc2c1C(=O)N(C1CCC(=O)NC1=O)C2=O. The summed E-state index contributed by atoms with van der Waals surface area (Å²) in [5.74, 6) is -1.06. The van der Waals surface area contributed by atoms with Gasteiger partial charge in [0.15, 0.2) is 0 Å². The Balaban J connectivity index is 0.000000471. The van der Waals surface area contributed by atoms with E-state index >= 15 is 0 Å². The number of hydrogen-bond donors (Lipinski definition) is 1. The molecular weight excluding hydrogens is 308 g/mol. The number of fused-ring (bicyclic) bond motifs is 1. The predicted molar refractivity (Wildman–Crippen MR) is 88.4 cm³/mol. The summed E-state index contributed by atoms with van der Waals surface area (Å²) in [7, 11) is 0. The van der Waals surface area contributed by atoms with E-state index in [4.69, 9.17) is 0 Å². The highest BCUT2D eigenvalue weighted by Gasteiger charge is 2.44. The van der Waals surface area contributed by atoms with Crippen LogP contribution in [0, 0.1) is 12.8 Å². The second-order valence-corrected chi connectivity index (χ2v) is 6.68. The van der Waals surface area contributed by atoms with Crippen LogP contribution in [0.5, 0.6) is 0 Å². The van der Waals surface area contributed by atoms with Crippen molar-refractivity contribution in [2.45, 2.75) is 46.6 Å². The molecule has 2 aliphatic rings. The van der Waals surface area contributed by atoms with Crippen LogP contribution in [-0.2, 0) is 9.59 Å². The molecule has 1 unspecified atom stereocenters. The largest absolute Gasteiger partial charge is 0.295 e. The molecule has 0 aliphatic carbocycles. The molecule has 0 aromatic heterocycles. The minimum absolute atomic E-state index is 0.128. The van der Waals surface area contributed by atoms with Crippen molar-refractivity contribution in [2.24, 2.45) is 5.92 Å². The van der Waals surface area contributed by atoms with Crippen molar-refractivity contribution in [3.05, 3.63) is 34.9 Å². The molecule has 128 valence electrons. The van der Waals surface area contributed by atoms with Crippen LogP contribution in [0.15, 0.2) is 18.2 Å². The topological polar surface area (TPSA) is 83.6 Å². The van der Waals surface area contributed by atoms with Crippen molar-refractivity contribution in [1.29, 1.82) is 0 Å². The number of amides is 4. The summed E-state index contributed by atoms with van der Waals surface area (Å²) in [4.78, 5) is 48.7. The number of carbonyl (C=O) groups excluding carboxylic acids is 4. The van der Waals surface area contributed by atoms with Crippen LogP contribution < -0.4 is 5.32 Å². The van der Waals surface area contributed by atoms with Crippen LogP contribution in [0.25, 0.3) is 0 Å². The van der Waals surface area contributed by atoms with Crippen molar-refractivity contribution in [1.82, 2.24) is 10.2 Å². The Hall–Kier alpha value is -2.50. The van der Waals surface area contributed by atoms with Crippen molar-refractivity contribution in [3.8, 4) is 0 Å². The van der Waals surface area contributed by atoms with E-state index < -0.39 is 23.8 Å². The predicted octanol–water partition coefficient (Wildman–Crippen LogP) is 2.06. The summed E-state index contributed by atoms with van der Waals surface area (Å²) in [6.07, 6.45) is 0.304. The second-order valence-electron chi connectivity index (χ2n) is 6.68. The number of imide groups is 2. The quantitative estimate of drug-likeness (QED) is 0.799. The molecule has 1 fully saturated rings. The van der Waals surface area contributed by atoms with Gasteiger partial charge in [0, 0.05) is 6.42 Å². The smallest absolute Gasteiger partial charge is 0.262 e. The average Bonchev–Trinajstić information content (AvgIpc) is 2.72. The van der Waals surface area contributed by atoms with Crippen LogP contribution in [-0.4, -0.2) is 34.6 Å². The number of rotatable bonds is 1. The van der Waals surface area contributed by atoms with Gasteiger partial charge >= 0.3 is 0 Å². The molecule has 3 rings (SSSR count). The Morgan fingerprint density at radius 1 is 1.08 bits per heavy atom. The third-order valence-electron chi connectivity index (χ3n) is 3.68. The van der Waals surface area contributed by atoms with Crippen LogP contribution >= 0.6 is 0 Å². The molecule has 1 aromatic carbocycles. The highest BCUT2D eigenvalue weighted by Crippen LogP contribution is 2.29. The zero-order chi connectivity index (χ0) is 18.0. The summed E-state index contributed by atoms with van der Waals surface area (Å²) in [6.45, 7) is 8.25. The lowest BCUT2D eigenvalue weighted by molar-refractivity contribution is -0.136. The highest BCUT2D eigenvalue weighted by molar-refractivity contribution is 6.24. The first-order valence-corrected chi connectivity index (χ1v) is 8.05. The van der Waals surface area contributed by atoms with Crippen molar-refractivity contribution in [3.63, 3.8) is 0 Å². The van der Waals surface area contributed by atoms with E-state index in [0.717, 1.165) is 10.8 Å². The molecule has 0 saturated carbocycles. The maximum atomic E-state index is 12.4. The van der Waals surface area contributed by atoms with E-state index in [-0.39, 0.29) is 18.7 Å². The molecule has 2 heterocycles. The van der Waals surface area contributed by atoms with Gasteiger partial charge in [-0.2, -0.15) is 0 Å². The fourth-order valence-corrected chi connectivity index (χ4v) is 2.68. The van der Waals surface area contributed by atoms with Gasteiger partial charge in [0.1, 0.15) is 6.04 Å². The number of piperidine rings is 1. The summed E-state index contributed by atoms with van der Waals surface area (Å²) in [5.41, 5.74) is 1.37. The molecule has 6 nitrogen and oxygen atoms in total. The van der Waals surface area contributed by atoms with E-state index in [2.05, 4.69) is 26.1 Å². The fraction of sp³-hybridized carbons (Fsp3) is 0.444. The number of carbonyl (C=O) groups is 4. The van der Waals surface area contributed by atoms with Gasteiger partial charge in [-0.1, -0.05) is 32.9 Å². The molecule has 4 amide bonds. The highest BCUT2D eigenvalue weighted by atomic mass is 16.2. The monoisotopic (exact) mass is 330 g/mol. The van der Waals surface area contributed by atoms with Gasteiger partial charge in [-0.15, -0.1) is 0 Å². The molecule has 1 aromatic rings. The minimum Gasteiger partial charge on any atom is -0.295 e. The third-order valence-corrected chi connectivity index (χ3v) is 3.68. The zero-order valence-electron chi connectivity index (χ0n) is 14.4. The molecule has 1 N–H and O–H groups in total. The summed E-state index contributed by atoms with van der Waals surface area (Å²) < 4.78 is 0. The first-order valence-electron chi connectivity index (χ1n) is 8.05. The van der Waals surface area contributed by atoms with Gasteiger partial charge in [0.2, 0.25) is 11.8 Å². The molecule has 0 spiro atoms. The molecule has 2 aliphatic heterocycles. The minimum atomic E-state index is -0.903. The number of aryl methyl sites for hydroxylation is 1. The fourth-order valence-electron chi connectivity index (χ4n) is 2.68. The van der Waals surface area contributed by atoms with Crippen LogP contribution in [0.1, 0.15) is 59.9 Å². The van der Waals surface area contributed by atoms with Crippen molar-refractivity contribution in [2.75, 3.05) is 0 Å². The van der Waals surface area contributed by atoms with Gasteiger partial charge in [-0.05, 0) is 30.9 Å². The summed E-state index contributed by atoms with van der Waals surface area (Å²) in [5, 5.41) is 2.16. The first kappa shape index (κ1) is 17.8. The lowest BCUT2D eigenvalue weighted by atomic mass is 10.0. The van der Waals surface area contributed by atoms with Crippen LogP contribution in [0.2, 0.25) is 0 Å². The number of nitrogens with zero attached hydrogens (tertiary/aromatic N) is 1. The molecular formula is C18H22N2O4. The van der Waals surface area contributed by atoms with Gasteiger partial charge in [0.05, 0.1) is 11.1 Å². The third kappa shape index (κ3) is 3.37. The van der Waals surface area contributed by atoms with E-state index in [1.807, 2.05) is 0 Å². The molecule has 24 heavy (non-hydrogen) atoms. The molecule has 1 atom stereocenters. The molecule has 0 bridgehead atoms. The lowest BCUT2D eigenvalue weighted by Gasteiger charge is -2.27. The van der Waals surface area contributed by atoms with Gasteiger partial charge in [0.25, 0.3) is 11.8 Å². The Bertz CT molecular complexity index is 706. The standard InChI is InChI=1S/C14H12N2O4.C4H10/c1-7-3-2-4-8-11(7)14(20)16(13(8)19)9-5-6-10(17)15-12(9)18;1-4(2)3/h2-4,9H,5-6H2,1H3,(H,15,17,18);4H,1-3H3. The normalized spacial score (nSPS) is 19.9. The van der Waals surface area contributed by atoms with Crippen LogP contribution in [0.3, 0.4) is 0 Å². The van der Waals surface area contributed by atoms with Crippen molar-refractivity contribution >= 4 is 23.6 Å². The van der Waals surface area contributed by atoms with Crippen molar-refractivity contribution < 1.29 is 19.2 Å². The Kier molecular flexibility index (Phi) is 5.17. The lowest BCUT2D eigenvalue weighted by Crippen LogP contribution is -2.54. The number of benzene rings is 1. The number of hydrogen-bond acceptors (Lipinski definition) is 4. The first-order chi connectivity index (χ1) is 11.2. The van der Waals surface area contributed by atoms with Gasteiger partial charge in [-0.25, -0.2) is 0 Å². The Morgan fingerprint density at radius 3 is 2.25 bits per heavy atom. The van der Waals surface area contributed by atoms with Gasteiger partial charge < -0.3 is 0 Å². The summed E-state index contributed by atoms with van der Waals surface area (Å²) in [6, 6.07) is 4.12. The molecule has 0 radical (unpaired) electrons. The number of nitrogens with one attached hydrogen (secondary N) is 1. The van der Waals surface area contributed by atoms with E-state index in [1.54, 1.807) is 25.1 Å².